The molecule has 7 nitrogen and oxygen atoms in total. The van der Waals surface area contributed by atoms with Crippen LogP contribution in [0.3, 0.4) is 0 Å². The van der Waals surface area contributed by atoms with E-state index < -0.39 is 0 Å². The first kappa shape index (κ1) is 24.1. The number of rotatable bonds is 5. The summed E-state index contributed by atoms with van der Waals surface area (Å²) in [7, 11) is 0. The minimum absolute atomic E-state index is 0.303. The molecule has 186 valence electrons. The molecular weight excluding hydrogens is 474 g/mol. The number of amides is 1. The summed E-state index contributed by atoms with van der Waals surface area (Å²) >= 11 is 1.43. The number of thiophene rings is 1. The standard InChI is InChI=1S/C28H29N3O4S/c1-4-19-10-12-21(13-11-19)31-25(32)24-22-14-15-29(28(34)35-5-2)17-23(22)36-26(24)30(27(31)33)16-20-9-7-6-8-18(20)3/h6-13H,4-5,14-17H2,1-3H3. The van der Waals surface area contributed by atoms with Gasteiger partial charge in [0.2, 0.25) is 0 Å². The second-order valence-corrected chi connectivity index (χ2v) is 10.1. The third kappa shape index (κ3) is 4.15. The van der Waals surface area contributed by atoms with E-state index in [9.17, 15) is 14.4 Å². The van der Waals surface area contributed by atoms with E-state index in [-0.39, 0.29) is 17.3 Å². The molecule has 0 radical (unpaired) electrons. The molecule has 1 amide bonds. The van der Waals surface area contributed by atoms with Crippen molar-refractivity contribution in [3.63, 3.8) is 0 Å². The van der Waals surface area contributed by atoms with Crippen molar-refractivity contribution in [2.45, 2.75) is 46.7 Å². The molecule has 0 saturated carbocycles. The van der Waals surface area contributed by atoms with Gasteiger partial charge in [0, 0.05) is 11.4 Å². The van der Waals surface area contributed by atoms with E-state index in [0.29, 0.717) is 48.6 Å². The van der Waals surface area contributed by atoms with Crippen molar-refractivity contribution in [1.29, 1.82) is 0 Å². The molecule has 0 fully saturated rings. The fourth-order valence-electron chi connectivity index (χ4n) is 4.78. The molecule has 2 aromatic carbocycles. The van der Waals surface area contributed by atoms with Crippen LogP contribution in [-0.2, 0) is 30.7 Å². The maximum atomic E-state index is 13.9. The zero-order chi connectivity index (χ0) is 25.4. The number of carbonyl (C=O) groups excluding carboxylic acids is 1. The monoisotopic (exact) mass is 503 g/mol. The van der Waals surface area contributed by atoms with E-state index in [2.05, 4.69) is 6.92 Å². The number of aromatic nitrogens is 2. The number of ether oxygens (including phenoxy) is 1. The highest BCUT2D eigenvalue weighted by Gasteiger charge is 2.29. The number of hydrogen-bond acceptors (Lipinski definition) is 5. The predicted molar refractivity (Wildman–Crippen MR) is 142 cm³/mol. The molecule has 0 unspecified atom stereocenters. The van der Waals surface area contributed by atoms with E-state index in [4.69, 9.17) is 4.74 Å². The summed E-state index contributed by atoms with van der Waals surface area (Å²) in [5.74, 6) is 0. The molecule has 0 atom stereocenters. The van der Waals surface area contributed by atoms with E-state index in [1.807, 2.05) is 55.5 Å². The van der Waals surface area contributed by atoms with Crippen molar-refractivity contribution in [1.82, 2.24) is 14.0 Å². The first-order valence-electron chi connectivity index (χ1n) is 12.3. The number of carbonyl (C=O) groups is 1. The van der Waals surface area contributed by atoms with Gasteiger partial charge in [-0.05, 0) is 61.1 Å². The first-order chi connectivity index (χ1) is 17.4. The molecular formula is C28H29N3O4S. The Morgan fingerprint density at radius 2 is 1.81 bits per heavy atom. The Morgan fingerprint density at radius 1 is 1.06 bits per heavy atom. The second kappa shape index (κ2) is 9.78. The highest BCUT2D eigenvalue weighted by Crippen LogP contribution is 2.34. The van der Waals surface area contributed by atoms with Crippen LogP contribution in [0.15, 0.2) is 58.1 Å². The smallest absolute Gasteiger partial charge is 0.410 e. The first-order valence-corrected chi connectivity index (χ1v) is 13.1. The lowest BCUT2D eigenvalue weighted by molar-refractivity contribution is 0.103. The van der Waals surface area contributed by atoms with Gasteiger partial charge < -0.3 is 9.64 Å². The quantitative estimate of drug-likeness (QED) is 0.398. The summed E-state index contributed by atoms with van der Waals surface area (Å²) in [5, 5.41) is 0.575. The van der Waals surface area contributed by atoms with Gasteiger partial charge in [0.05, 0.1) is 30.8 Å². The lowest BCUT2D eigenvalue weighted by atomic mass is 10.1. The van der Waals surface area contributed by atoms with Crippen LogP contribution < -0.4 is 11.2 Å². The maximum Gasteiger partial charge on any atom is 0.410 e. The Hall–Kier alpha value is -3.65. The van der Waals surface area contributed by atoms with Gasteiger partial charge in [-0.25, -0.2) is 14.2 Å². The summed E-state index contributed by atoms with van der Waals surface area (Å²) in [6, 6.07) is 15.6. The van der Waals surface area contributed by atoms with Crippen molar-refractivity contribution in [2.24, 2.45) is 0 Å². The average Bonchev–Trinajstić information content (AvgIpc) is 3.27. The number of fused-ring (bicyclic) bond motifs is 3. The minimum Gasteiger partial charge on any atom is -0.450 e. The summed E-state index contributed by atoms with van der Waals surface area (Å²) in [6.07, 6.45) is 1.06. The van der Waals surface area contributed by atoms with Gasteiger partial charge in [-0.15, -0.1) is 11.3 Å². The van der Waals surface area contributed by atoms with Crippen molar-refractivity contribution in [3.05, 3.63) is 96.5 Å². The summed E-state index contributed by atoms with van der Waals surface area (Å²) in [6.45, 7) is 7.39. The van der Waals surface area contributed by atoms with Crippen LogP contribution in [0.4, 0.5) is 4.79 Å². The van der Waals surface area contributed by atoms with Crippen LogP contribution in [0, 0.1) is 6.92 Å². The van der Waals surface area contributed by atoms with Crippen LogP contribution in [0.5, 0.6) is 0 Å². The fourth-order valence-corrected chi connectivity index (χ4v) is 6.13. The van der Waals surface area contributed by atoms with Gasteiger partial charge >= 0.3 is 11.8 Å². The van der Waals surface area contributed by atoms with Crippen molar-refractivity contribution in [2.75, 3.05) is 13.2 Å². The van der Waals surface area contributed by atoms with Crippen LogP contribution in [0.2, 0.25) is 0 Å². The Labute approximate surface area is 213 Å². The number of aryl methyl sites for hydroxylation is 2. The van der Waals surface area contributed by atoms with Gasteiger partial charge in [0.25, 0.3) is 5.56 Å². The Bertz CT molecular complexity index is 1560. The molecule has 0 bridgehead atoms. The van der Waals surface area contributed by atoms with Crippen molar-refractivity contribution < 1.29 is 9.53 Å². The molecule has 0 saturated heterocycles. The van der Waals surface area contributed by atoms with Gasteiger partial charge in [-0.1, -0.05) is 43.3 Å². The molecule has 0 aliphatic carbocycles. The van der Waals surface area contributed by atoms with E-state index in [0.717, 1.165) is 33.6 Å². The molecule has 0 spiro atoms. The molecule has 5 rings (SSSR count). The molecule has 1 aliphatic rings. The lowest BCUT2D eigenvalue weighted by Crippen LogP contribution is -2.39. The van der Waals surface area contributed by atoms with Gasteiger partial charge in [0.1, 0.15) is 4.83 Å². The zero-order valence-electron chi connectivity index (χ0n) is 20.7. The Morgan fingerprint density at radius 3 is 2.50 bits per heavy atom. The van der Waals surface area contributed by atoms with Gasteiger partial charge in [-0.2, -0.15) is 0 Å². The van der Waals surface area contributed by atoms with Gasteiger partial charge in [0.15, 0.2) is 0 Å². The highest BCUT2D eigenvalue weighted by atomic mass is 32.1. The van der Waals surface area contributed by atoms with Crippen LogP contribution in [0.25, 0.3) is 15.9 Å². The average molecular weight is 504 g/mol. The third-order valence-corrected chi connectivity index (χ3v) is 8.08. The Balaban J connectivity index is 1.73. The van der Waals surface area contributed by atoms with Crippen LogP contribution in [-0.4, -0.2) is 33.3 Å². The number of nitrogens with zero attached hydrogens (tertiary/aromatic N) is 3. The molecule has 36 heavy (non-hydrogen) atoms. The maximum absolute atomic E-state index is 13.9. The van der Waals surface area contributed by atoms with E-state index in [1.54, 1.807) is 16.4 Å². The molecule has 3 heterocycles. The molecule has 1 aliphatic heterocycles. The van der Waals surface area contributed by atoms with Gasteiger partial charge in [-0.3, -0.25) is 9.36 Å². The van der Waals surface area contributed by atoms with E-state index >= 15 is 0 Å². The second-order valence-electron chi connectivity index (χ2n) is 9.01. The van der Waals surface area contributed by atoms with Crippen LogP contribution >= 0.6 is 11.3 Å². The minimum atomic E-state index is -0.360. The molecule has 8 heteroatoms. The SMILES string of the molecule is CCOC(=O)N1CCc2c(sc3c2c(=O)n(-c2ccc(CC)cc2)c(=O)n3Cc2ccccc2C)C1. The summed E-state index contributed by atoms with van der Waals surface area (Å²) in [5.41, 5.74) is 4.07. The highest BCUT2D eigenvalue weighted by molar-refractivity contribution is 7.18. The number of hydrogen-bond donors (Lipinski definition) is 0. The van der Waals surface area contributed by atoms with Crippen LogP contribution in [0.1, 0.15) is 41.0 Å². The topological polar surface area (TPSA) is 73.5 Å². The predicted octanol–water partition coefficient (Wildman–Crippen LogP) is 4.65. The molecule has 2 aromatic heterocycles. The van der Waals surface area contributed by atoms with Crippen molar-refractivity contribution >= 4 is 27.6 Å². The normalized spacial score (nSPS) is 13.1. The lowest BCUT2D eigenvalue weighted by Gasteiger charge is -2.25. The van der Waals surface area contributed by atoms with Crippen molar-refractivity contribution in [3.8, 4) is 5.69 Å². The zero-order valence-corrected chi connectivity index (χ0v) is 21.6. The largest absolute Gasteiger partial charge is 0.450 e. The summed E-state index contributed by atoms with van der Waals surface area (Å²) < 4.78 is 8.20. The van der Waals surface area contributed by atoms with E-state index in [1.165, 1.54) is 15.9 Å². The Kier molecular flexibility index (Phi) is 6.53. The fraction of sp³-hybridized carbons (Fsp3) is 0.321. The molecule has 0 N–H and O–H groups in total. The third-order valence-electron chi connectivity index (χ3n) is 6.84. The number of benzene rings is 2. The summed E-state index contributed by atoms with van der Waals surface area (Å²) in [4.78, 5) is 43.4. The molecule has 4 aromatic rings.